The first-order chi connectivity index (χ1) is 14.6. The van der Waals surface area contributed by atoms with Crippen molar-refractivity contribution in [2.75, 3.05) is 19.6 Å². The first kappa shape index (κ1) is 24.9. The molecule has 1 heterocycles. The molecule has 9 heteroatoms. The number of carbonyl (C=O) groups is 1. The Morgan fingerprint density at radius 1 is 1.00 bits per heavy atom. The summed E-state index contributed by atoms with van der Waals surface area (Å²) in [7, 11) is 0. The van der Waals surface area contributed by atoms with Crippen molar-refractivity contribution in [2.45, 2.75) is 71.3 Å². The summed E-state index contributed by atoms with van der Waals surface area (Å²) in [5, 5.41) is 2.83. The van der Waals surface area contributed by atoms with Crippen LogP contribution >= 0.6 is 0 Å². The van der Waals surface area contributed by atoms with Crippen LogP contribution in [0.2, 0.25) is 0 Å². The number of halogens is 6. The van der Waals surface area contributed by atoms with Crippen LogP contribution in [0.4, 0.5) is 26.3 Å². The van der Waals surface area contributed by atoms with Gasteiger partial charge in [0.2, 0.25) is 5.91 Å². The van der Waals surface area contributed by atoms with E-state index in [1.807, 2.05) is 0 Å². The summed E-state index contributed by atoms with van der Waals surface area (Å²) in [5.74, 6) is -0.547. The molecule has 1 spiro atoms. The topological polar surface area (TPSA) is 32.3 Å². The molecule has 1 saturated heterocycles. The molecule has 1 N–H and O–H groups in total. The van der Waals surface area contributed by atoms with Gasteiger partial charge in [-0.1, -0.05) is 20.8 Å². The molecule has 0 bridgehead atoms. The summed E-state index contributed by atoms with van der Waals surface area (Å²) in [6.07, 6.45) is -6.59. The quantitative estimate of drug-likeness (QED) is 0.570. The maximum Gasteiger partial charge on any atom is 0.416 e. The van der Waals surface area contributed by atoms with Crippen LogP contribution in [0.1, 0.15) is 63.1 Å². The van der Waals surface area contributed by atoms with Gasteiger partial charge < -0.3 is 10.2 Å². The second kappa shape index (κ2) is 8.54. The highest BCUT2D eigenvalue weighted by Crippen LogP contribution is 2.54. The van der Waals surface area contributed by atoms with Crippen LogP contribution in [-0.2, 0) is 23.6 Å². The minimum absolute atomic E-state index is 0.0127. The van der Waals surface area contributed by atoms with E-state index in [9.17, 15) is 31.1 Å². The van der Waals surface area contributed by atoms with Gasteiger partial charge in [-0.05, 0) is 79.9 Å². The Hall–Kier alpha value is -1.77. The molecule has 1 saturated carbocycles. The second-order valence-corrected chi connectivity index (χ2v) is 10.4. The van der Waals surface area contributed by atoms with E-state index in [1.165, 1.54) is 0 Å². The number of rotatable bonds is 5. The van der Waals surface area contributed by atoms with Gasteiger partial charge in [-0.25, -0.2) is 0 Å². The van der Waals surface area contributed by atoms with Crippen LogP contribution in [0, 0.1) is 10.8 Å². The monoisotopic (exact) mass is 464 g/mol. The molecule has 0 radical (unpaired) electrons. The number of amides is 1. The molecule has 1 atom stereocenters. The third-order valence-corrected chi connectivity index (χ3v) is 6.57. The third kappa shape index (κ3) is 6.39. The molecular formula is C23H30F6N2O. The van der Waals surface area contributed by atoms with Crippen LogP contribution < -0.4 is 5.32 Å². The SMILES string of the molecule is CC(C)(C)CCN1CCC2(CC1)CC2NC(=O)Cc1cc(C(F)(F)F)cc(C(F)(F)F)c1. The first-order valence-electron chi connectivity index (χ1n) is 10.9. The molecule has 3 rings (SSSR count). The van der Waals surface area contributed by atoms with Gasteiger partial charge in [-0.15, -0.1) is 0 Å². The maximum absolute atomic E-state index is 13.0. The van der Waals surface area contributed by atoms with Gasteiger partial charge in [0.1, 0.15) is 0 Å². The molecule has 2 aliphatic rings. The van der Waals surface area contributed by atoms with E-state index in [-0.39, 0.29) is 28.5 Å². The number of piperidine rings is 1. The normalized spacial score (nSPS) is 21.6. The highest BCUT2D eigenvalue weighted by molar-refractivity contribution is 5.79. The van der Waals surface area contributed by atoms with E-state index < -0.39 is 35.8 Å². The number of hydrogen-bond acceptors (Lipinski definition) is 2. The lowest BCUT2D eigenvalue weighted by Gasteiger charge is -2.34. The summed E-state index contributed by atoms with van der Waals surface area (Å²) in [4.78, 5) is 14.8. The summed E-state index contributed by atoms with van der Waals surface area (Å²) in [5.41, 5.74) is -2.82. The van der Waals surface area contributed by atoms with Crippen molar-refractivity contribution in [3.05, 3.63) is 34.9 Å². The van der Waals surface area contributed by atoms with E-state index in [0.717, 1.165) is 45.3 Å². The molecule has 1 unspecified atom stereocenters. The van der Waals surface area contributed by atoms with Crippen molar-refractivity contribution in [1.29, 1.82) is 0 Å². The van der Waals surface area contributed by atoms with Crippen LogP contribution in [0.5, 0.6) is 0 Å². The zero-order chi connectivity index (χ0) is 23.9. The summed E-state index contributed by atoms with van der Waals surface area (Å²) < 4.78 is 78.1. The maximum atomic E-state index is 13.0. The standard InChI is InChI=1S/C23H30F6N2O/c1-20(2,3)4-7-31-8-5-21(6-9-31)14-18(21)30-19(32)12-15-10-16(22(24,25)26)13-17(11-15)23(27,28)29/h10-11,13,18H,4-9,12,14H2,1-3H3,(H,30,32). The van der Waals surface area contributed by atoms with Gasteiger partial charge in [0, 0.05) is 6.04 Å². The van der Waals surface area contributed by atoms with Crippen molar-refractivity contribution in [1.82, 2.24) is 10.2 Å². The lowest BCUT2D eigenvalue weighted by atomic mass is 9.89. The van der Waals surface area contributed by atoms with Gasteiger partial charge in [-0.2, -0.15) is 26.3 Å². The lowest BCUT2D eigenvalue weighted by Crippen LogP contribution is -2.40. The Morgan fingerprint density at radius 3 is 2.00 bits per heavy atom. The fourth-order valence-corrected chi connectivity index (χ4v) is 4.37. The van der Waals surface area contributed by atoms with E-state index in [2.05, 4.69) is 31.0 Å². The number of carbonyl (C=O) groups excluding carboxylic acids is 1. The van der Waals surface area contributed by atoms with E-state index in [4.69, 9.17) is 0 Å². The highest BCUT2D eigenvalue weighted by atomic mass is 19.4. The summed E-state index contributed by atoms with van der Waals surface area (Å²) in [6, 6.07) is 1.24. The van der Waals surface area contributed by atoms with Gasteiger partial charge in [0.05, 0.1) is 17.5 Å². The van der Waals surface area contributed by atoms with Crippen molar-refractivity contribution in [3.63, 3.8) is 0 Å². The smallest absolute Gasteiger partial charge is 0.353 e. The van der Waals surface area contributed by atoms with Crippen LogP contribution in [0.3, 0.4) is 0 Å². The fraction of sp³-hybridized carbons (Fsp3) is 0.696. The Bertz CT molecular complexity index is 800. The van der Waals surface area contributed by atoms with E-state index in [0.29, 0.717) is 12.1 Å². The average Bonchev–Trinajstić information content (AvgIpc) is 3.29. The molecule has 0 aromatic heterocycles. The first-order valence-corrected chi connectivity index (χ1v) is 10.9. The van der Waals surface area contributed by atoms with Crippen molar-refractivity contribution in [2.24, 2.45) is 10.8 Å². The predicted molar refractivity (Wildman–Crippen MR) is 109 cm³/mol. The Kier molecular flexibility index (Phi) is 6.63. The number of alkyl halides is 6. The van der Waals surface area contributed by atoms with Crippen LogP contribution in [0.15, 0.2) is 18.2 Å². The lowest BCUT2D eigenvalue weighted by molar-refractivity contribution is -0.143. The van der Waals surface area contributed by atoms with Gasteiger partial charge >= 0.3 is 12.4 Å². The van der Waals surface area contributed by atoms with E-state index in [1.54, 1.807) is 0 Å². The van der Waals surface area contributed by atoms with Crippen molar-refractivity contribution < 1.29 is 31.1 Å². The molecule has 1 aromatic rings. The zero-order valence-electron chi connectivity index (χ0n) is 18.6. The van der Waals surface area contributed by atoms with Crippen LogP contribution in [0.25, 0.3) is 0 Å². The minimum Gasteiger partial charge on any atom is -0.353 e. The second-order valence-electron chi connectivity index (χ2n) is 10.4. The number of benzene rings is 1. The molecule has 1 aromatic carbocycles. The van der Waals surface area contributed by atoms with Crippen molar-refractivity contribution >= 4 is 5.91 Å². The number of hydrogen-bond donors (Lipinski definition) is 1. The zero-order valence-corrected chi connectivity index (χ0v) is 18.6. The predicted octanol–water partition coefficient (Wildman–Crippen LogP) is 5.67. The molecular weight excluding hydrogens is 434 g/mol. The Labute approximate surface area is 184 Å². The number of likely N-dealkylation sites (tertiary alicyclic amines) is 1. The fourth-order valence-electron chi connectivity index (χ4n) is 4.37. The molecule has 180 valence electrons. The molecule has 1 amide bonds. The van der Waals surface area contributed by atoms with Crippen molar-refractivity contribution in [3.8, 4) is 0 Å². The third-order valence-electron chi connectivity index (χ3n) is 6.57. The molecule has 1 aliphatic heterocycles. The number of nitrogens with zero attached hydrogens (tertiary/aromatic N) is 1. The summed E-state index contributed by atoms with van der Waals surface area (Å²) >= 11 is 0. The van der Waals surface area contributed by atoms with Gasteiger partial charge in [0.15, 0.2) is 0 Å². The minimum atomic E-state index is -4.92. The molecule has 1 aliphatic carbocycles. The Balaban J connectivity index is 1.56. The largest absolute Gasteiger partial charge is 0.416 e. The summed E-state index contributed by atoms with van der Waals surface area (Å²) in [6.45, 7) is 9.50. The van der Waals surface area contributed by atoms with Gasteiger partial charge in [0.25, 0.3) is 0 Å². The van der Waals surface area contributed by atoms with Gasteiger partial charge in [-0.3, -0.25) is 4.79 Å². The Morgan fingerprint density at radius 2 is 1.53 bits per heavy atom. The highest BCUT2D eigenvalue weighted by Gasteiger charge is 2.55. The average molecular weight is 464 g/mol. The molecule has 32 heavy (non-hydrogen) atoms. The number of nitrogens with one attached hydrogen (secondary N) is 1. The molecule has 3 nitrogen and oxygen atoms in total. The van der Waals surface area contributed by atoms with E-state index >= 15 is 0 Å². The molecule has 2 fully saturated rings. The van der Waals surface area contributed by atoms with Crippen LogP contribution in [-0.4, -0.2) is 36.5 Å².